The van der Waals surface area contributed by atoms with Crippen LogP contribution in [0.2, 0.25) is 0 Å². The van der Waals surface area contributed by atoms with E-state index in [1.165, 1.54) is 5.56 Å². The molecule has 0 radical (unpaired) electrons. The van der Waals surface area contributed by atoms with E-state index >= 15 is 0 Å². The number of rotatable bonds is 4. The van der Waals surface area contributed by atoms with E-state index in [0.29, 0.717) is 11.8 Å². The molecular weight excluding hydrogens is 290 g/mol. The Morgan fingerprint density at radius 1 is 1.22 bits per heavy atom. The molecule has 126 valence electrons. The van der Waals surface area contributed by atoms with Crippen LogP contribution in [0.1, 0.15) is 24.3 Å². The minimum absolute atomic E-state index is 0.0433. The van der Waals surface area contributed by atoms with Gasteiger partial charge in [0.15, 0.2) is 0 Å². The van der Waals surface area contributed by atoms with Gasteiger partial charge in [0.25, 0.3) is 0 Å². The molecule has 0 aliphatic carbocycles. The summed E-state index contributed by atoms with van der Waals surface area (Å²) in [5.74, 6) is 0.951. The maximum absolute atomic E-state index is 12.1. The lowest BCUT2D eigenvalue weighted by atomic mass is 9.89. The van der Waals surface area contributed by atoms with Gasteiger partial charge in [-0.1, -0.05) is 30.3 Å². The van der Waals surface area contributed by atoms with E-state index in [4.69, 9.17) is 4.74 Å². The third kappa shape index (κ3) is 4.45. The van der Waals surface area contributed by atoms with Crippen molar-refractivity contribution in [2.24, 2.45) is 5.92 Å². The molecule has 1 aromatic carbocycles. The summed E-state index contributed by atoms with van der Waals surface area (Å²) >= 11 is 0. The monoisotopic (exact) mass is 317 g/mol. The highest BCUT2D eigenvalue weighted by molar-refractivity contribution is 5.74. The predicted octanol–water partition coefficient (Wildman–Crippen LogP) is 1.81. The molecule has 3 rings (SSSR count). The van der Waals surface area contributed by atoms with E-state index in [0.717, 1.165) is 45.7 Å². The quantitative estimate of drug-likeness (QED) is 0.890. The van der Waals surface area contributed by atoms with Crippen molar-refractivity contribution in [2.45, 2.75) is 24.8 Å². The molecule has 23 heavy (non-hydrogen) atoms. The standard InChI is InChI=1S/C18H27N3O2/c1-21-12-15(17(13-21)14-5-3-2-4-6-14)11-19-18(22)20-16-7-9-23-10-8-16/h2-6,15-17H,7-13H2,1H3,(H2,19,20,22)/t15-,17+/m1/s1. The first-order chi connectivity index (χ1) is 11.2. The van der Waals surface area contributed by atoms with E-state index in [2.05, 4.69) is 52.9 Å². The van der Waals surface area contributed by atoms with Gasteiger partial charge in [-0.3, -0.25) is 0 Å². The van der Waals surface area contributed by atoms with Crippen molar-refractivity contribution in [2.75, 3.05) is 39.9 Å². The normalized spacial score (nSPS) is 26.1. The van der Waals surface area contributed by atoms with Crippen LogP contribution in [0.15, 0.2) is 30.3 Å². The van der Waals surface area contributed by atoms with Crippen molar-refractivity contribution in [1.82, 2.24) is 15.5 Å². The number of hydrogen-bond acceptors (Lipinski definition) is 3. The topological polar surface area (TPSA) is 53.6 Å². The van der Waals surface area contributed by atoms with Gasteiger partial charge in [0.2, 0.25) is 0 Å². The molecule has 0 spiro atoms. The maximum Gasteiger partial charge on any atom is 0.315 e. The number of nitrogens with one attached hydrogen (secondary N) is 2. The van der Waals surface area contributed by atoms with E-state index in [1.807, 2.05) is 0 Å². The van der Waals surface area contributed by atoms with Crippen molar-refractivity contribution in [1.29, 1.82) is 0 Å². The number of urea groups is 1. The smallest absolute Gasteiger partial charge is 0.315 e. The van der Waals surface area contributed by atoms with Gasteiger partial charge < -0.3 is 20.3 Å². The van der Waals surface area contributed by atoms with Crippen molar-refractivity contribution < 1.29 is 9.53 Å². The summed E-state index contributed by atoms with van der Waals surface area (Å²) in [7, 11) is 2.15. The number of likely N-dealkylation sites (tertiary alicyclic amines) is 1. The number of nitrogens with zero attached hydrogens (tertiary/aromatic N) is 1. The molecule has 2 amide bonds. The summed E-state index contributed by atoms with van der Waals surface area (Å²) in [4.78, 5) is 14.5. The van der Waals surface area contributed by atoms with Gasteiger partial charge in [-0.25, -0.2) is 4.79 Å². The second kappa shape index (κ2) is 7.79. The van der Waals surface area contributed by atoms with Crippen LogP contribution in [0.25, 0.3) is 0 Å². The molecule has 2 fully saturated rings. The van der Waals surface area contributed by atoms with Crippen LogP contribution < -0.4 is 10.6 Å². The first kappa shape index (κ1) is 16.3. The van der Waals surface area contributed by atoms with Gasteiger partial charge in [0.1, 0.15) is 0 Å². The number of amides is 2. The molecule has 0 aromatic heterocycles. The van der Waals surface area contributed by atoms with Gasteiger partial charge >= 0.3 is 6.03 Å². The van der Waals surface area contributed by atoms with Gasteiger partial charge in [0.05, 0.1) is 0 Å². The number of likely N-dealkylation sites (N-methyl/N-ethyl adjacent to an activating group) is 1. The summed E-state index contributed by atoms with van der Waals surface area (Å²) in [5, 5.41) is 6.14. The van der Waals surface area contributed by atoms with Crippen molar-refractivity contribution in [3.63, 3.8) is 0 Å². The van der Waals surface area contributed by atoms with Crippen LogP contribution in [0.3, 0.4) is 0 Å². The lowest BCUT2D eigenvalue weighted by molar-refractivity contribution is 0.0800. The van der Waals surface area contributed by atoms with Gasteiger partial charge in [-0.15, -0.1) is 0 Å². The lowest BCUT2D eigenvalue weighted by Gasteiger charge is -2.24. The number of carbonyl (C=O) groups excluding carboxylic acids is 1. The second-order valence-electron chi connectivity index (χ2n) is 6.74. The number of benzene rings is 1. The molecule has 2 N–H and O–H groups in total. The summed E-state index contributed by atoms with van der Waals surface area (Å²) in [5.41, 5.74) is 1.37. The van der Waals surface area contributed by atoms with Crippen LogP contribution in [-0.4, -0.2) is 56.9 Å². The van der Waals surface area contributed by atoms with Gasteiger partial charge in [0, 0.05) is 44.8 Å². The molecule has 2 heterocycles. The van der Waals surface area contributed by atoms with E-state index < -0.39 is 0 Å². The summed E-state index contributed by atoms with van der Waals surface area (Å²) in [6.45, 7) is 4.29. The zero-order valence-corrected chi connectivity index (χ0v) is 13.8. The summed E-state index contributed by atoms with van der Waals surface area (Å²) < 4.78 is 5.32. The van der Waals surface area contributed by atoms with Crippen molar-refractivity contribution in [3.8, 4) is 0 Å². The molecular formula is C18H27N3O2. The average molecular weight is 317 g/mol. The molecule has 0 unspecified atom stereocenters. The van der Waals surface area contributed by atoms with Crippen LogP contribution in [0.5, 0.6) is 0 Å². The van der Waals surface area contributed by atoms with Crippen LogP contribution in [0.4, 0.5) is 4.79 Å². The third-order valence-electron chi connectivity index (χ3n) is 4.93. The molecule has 5 heteroatoms. The van der Waals surface area contributed by atoms with E-state index in [9.17, 15) is 4.79 Å². The zero-order chi connectivity index (χ0) is 16.1. The first-order valence-electron chi connectivity index (χ1n) is 8.58. The van der Waals surface area contributed by atoms with E-state index in [-0.39, 0.29) is 12.1 Å². The Balaban J connectivity index is 1.50. The molecule has 0 bridgehead atoms. The van der Waals surface area contributed by atoms with Crippen LogP contribution in [-0.2, 0) is 4.74 Å². The SMILES string of the molecule is CN1C[C@@H](CNC(=O)NC2CCOCC2)[C@H](c2ccccc2)C1. The minimum atomic E-state index is -0.0433. The van der Waals surface area contributed by atoms with Crippen LogP contribution in [0, 0.1) is 5.92 Å². The lowest BCUT2D eigenvalue weighted by Crippen LogP contribution is -2.46. The van der Waals surface area contributed by atoms with E-state index in [1.54, 1.807) is 0 Å². The number of hydrogen-bond donors (Lipinski definition) is 2. The average Bonchev–Trinajstić information content (AvgIpc) is 2.96. The fraction of sp³-hybridized carbons (Fsp3) is 0.611. The third-order valence-corrected chi connectivity index (χ3v) is 4.93. The molecule has 1 aromatic rings. The highest BCUT2D eigenvalue weighted by Gasteiger charge is 2.32. The highest BCUT2D eigenvalue weighted by Crippen LogP contribution is 2.31. The number of ether oxygens (including phenoxy) is 1. The Labute approximate surface area is 138 Å². The molecule has 2 atom stereocenters. The Morgan fingerprint density at radius 2 is 1.96 bits per heavy atom. The number of carbonyl (C=O) groups is 1. The first-order valence-corrected chi connectivity index (χ1v) is 8.58. The summed E-state index contributed by atoms with van der Waals surface area (Å²) in [6, 6.07) is 10.8. The Morgan fingerprint density at radius 3 is 2.70 bits per heavy atom. The Hall–Kier alpha value is -1.59. The molecule has 2 saturated heterocycles. The zero-order valence-electron chi connectivity index (χ0n) is 13.8. The molecule has 2 aliphatic heterocycles. The fourth-order valence-corrected chi connectivity index (χ4v) is 3.67. The fourth-order valence-electron chi connectivity index (χ4n) is 3.67. The van der Waals surface area contributed by atoms with Gasteiger partial charge in [-0.2, -0.15) is 0 Å². The van der Waals surface area contributed by atoms with Crippen molar-refractivity contribution >= 4 is 6.03 Å². The molecule has 0 saturated carbocycles. The maximum atomic E-state index is 12.1. The minimum Gasteiger partial charge on any atom is -0.381 e. The van der Waals surface area contributed by atoms with Crippen LogP contribution >= 0.6 is 0 Å². The Kier molecular flexibility index (Phi) is 5.51. The predicted molar refractivity (Wildman–Crippen MR) is 90.5 cm³/mol. The largest absolute Gasteiger partial charge is 0.381 e. The highest BCUT2D eigenvalue weighted by atomic mass is 16.5. The molecule has 2 aliphatic rings. The second-order valence-corrected chi connectivity index (χ2v) is 6.74. The molecule has 5 nitrogen and oxygen atoms in total. The van der Waals surface area contributed by atoms with Crippen molar-refractivity contribution in [3.05, 3.63) is 35.9 Å². The summed E-state index contributed by atoms with van der Waals surface area (Å²) in [6.07, 6.45) is 1.82. The Bertz CT molecular complexity index is 502. The van der Waals surface area contributed by atoms with Gasteiger partial charge in [-0.05, 0) is 31.4 Å².